The van der Waals surface area contributed by atoms with Gasteiger partial charge in [-0.2, -0.15) is 5.10 Å². The second-order valence-corrected chi connectivity index (χ2v) is 8.34. The van der Waals surface area contributed by atoms with E-state index in [1.807, 2.05) is 6.92 Å². The summed E-state index contributed by atoms with van der Waals surface area (Å²) >= 11 is 0.967. The summed E-state index contributed by atoms with van der Waals surface area (Å²) in [6.45, 7) is 1.91. The molecule has 2 aromatic heterocycles. The van der Waals surface area contributed by atoms with E-state index in [1.54, 1.807) is 11.7 Å². The fraction of sp³-hybridized carbons (Fsp3) is 0.350. The SMILES string of the molecule is CC(CC[C@@]1(N)O[C@H]1F)c1c(NC(=O)c2csc(-c3c(F)cccc3F)n2)cnn1C. The van der Waals surface area contributed by atoms with Gasteiger partial charge in [0.1, 0.15) is 22.3 Å². The quantitative estimate of drug-likeness (QED) is 0.530. The highest BCUT2D eigenvalue weighted by molar-refractivity contribution is 7.13. The summed E-state index contributed by atoms with van der Waals surface area (Å²) in [5, 5.41) is 8.42. The minimum atomic E-state index is -1.46. The van der Waals surface area contributed by atoms with Crippen LogP contribution in [0.5, 0.6) is 0 Å². The monoisotopic (exact) mass is 451 g/mol. The topological polar surface area (TPSA) is 98.4 Å². The molecule has 3 heterocycles. The number of anilines is 1. The zero-order valence-corrected chi connectivity index (χ0v) is 17.5. The number of alkyl halides is 1. The predicted octanol–water partition coefficient (Wildman–Crippen LogP) is 3.94. The maximum Gasteiger partial charge on any atom is 0.275 e. The van der Waals surface area contributed by atoms with Gasteiger partial charge in [0, 0.05) is 18.3 Å². The van der Waals surface area contributed by atoms with Gasteiger partial charge in [-0.25, -0.2) is 18.2 Å². The second-order valence-electron chi connectivity index (χ2n) is 7.48. The summed E-state index contributed by atoms with van der Waals surface area (Å²) < 4.78 is 47.5. The molecule has 0 bridgehead atoms. The van der Waals surface area contributed by atoms with Crippen molar-refractivity contribution in [3.63, 3.8) is 0 Å². The van der Waals surface area contributed by atoms with Gasteiger partial charge in [0.05, 0.1) is 23.1 Å². The molecular weight excluding hydrogens is 431 g/mol. The number of halogens is 3. The molecule has 0 radical (unpaired) electrons. The molecular formula is C20H20F3N5O2S. The van der Waals surface area contributed by atoms with Gasteiger partial charge in [-0.3, -0.25) is 15.2 Å². The van der Waals surface area contributed by atoms with Gasteiger partial charge < -0.3 is 10.1 Å². The molecule has 1 saturated heterocycles. The number of nitrogens with one attached hydrogen (secondary N) is 1. The number of rotatable bonds is 7. The number of hydrogen-bond donors (Lipinski definition) is 2. The molecule has 164 valence electrons. The third-order valence-electron chi connectivity index (χ3n) is 5.23. The number of ether oxygens (including phenoxy) is 1. The molecule has 7 nitrogen and oxygen atoms in total. The van der Waals surface area contributed by atoms with Crippen LogP contribution in [0.3, 0.4) is 0 Å². The van der Waals surface area contributed by atoms with E-state index in [0.717, 1.165) is 29.2 Å². The standard InChI is InChI=1S/C20H20F3N5O2S/c1-10(6-7-20(24)19(23)30-20)16-13(8-25-28(16)2)26-17(29)14-9-31-18(27-14)15-11(21)4-3-5-12(15)22/h3-5,8-10,19H,6-7,24H2,1-2H3,(H,26,29)/t10?,19-,20-/m1/s1. The van der Waals surface area contributed by atoms with Crippen molar-refractivity contribution < 1.29 is 22.7 Å². The molecule has 1 fully saturated rings. The Morgan fingerprint density at radius 2 is 2.10 bits per heavy atom. The molecule has 11 heteroatoms. The molecule has 31 heavy (non-hydrogen) atoms. The van der Waals surface area contributed by atoms with Crippen LogP contribution < -0.4 is 11.1 Å². The van der Waals surface area contributed by atoms with Crippen molar-refractivity contribution in [1.82, 2.24) is 14.8 Å². The Kier molecular flexibility index (Phi) is 5.58. The molecule has 1 amide bonds. The minimum absolute atomic E-state index is 0.0256. The van der Waals surface area contributed by atoms with Crippen molar-refractivity contribution in [2.45, 2.75) is 37.8 Å². The van der Waals surface area contributed by atoms with E-state index in [1.165, 1.54) is 17.6 Å². The predicted molar refractivity (Wildman–Crippen MR) is 109 cm³/mol. The fourth-order valence-corrected chi connectivity index (χ4v) is 4.27. The molecule has 3 atom stereocenters. The van der Waals surface area contributed by atoms with Gasteiger partial charge >= 0.3 is 0 Å². The number of hydrogen-bond acceptors (Lipinski definition) is 6. The van der Waals surface area contributed by atoms with E-state index in [-0.39, 0.29) is 22.2 Å². The first kappa shape index (κ1) is 21.5. The Morgan fingerprint density at radius 3 is 2.74 bits per heavy atom. The number of thiazole rings is 1. The van der Waals surface area contributed by atoms with Gasteiger partial charge in [0.25, 0.3) is 5.91 Å². The number of epoxide rings is 1. The third-order valence-corrected chi connectivity index (χ3v) is 6.09. The number of amides is 1. The van der Waals surface area contributed by atoms with Crippen LogP contribution in [0.25, 0.3) is 10.6 Å². The van der Waals surface area contributed by atoms with Crippen molar-refractivity contribution in [3.8, 4) is 10.6 Å². The summed E-state index contributed by atoms with van der Waals surface area (Å²) in [5.74, 6) is -2.14. The van der Waals surface area contributed by atoms with Gasteiger partial charge in [0.15, 0.2) is 5.72 Å². The van der Waals surface area contributed by atoms with E-state index in [4.69, 9.17) is 10.5 Å². The number of benzene rings is 1. The second kappa shape index (κ2) is 8.06. The Bertz CT molecular complexity index is 1110. The van der Waals surface area contributed by atoms with E-state index in [2.05, 4.69) is 15.4 Å². The first-order chi connectivity index (χ1) is 14.7. The highest BCUT2D eigenvalue weighted by Crippen LogP contribution is 2.39. The molecule has 1 unspecified atom stereocenters. The minimum Gasteiger partial charge on any atom is -0.318 e. The van der Waals surface area contributed by atoms with Crippen LogP contribution in [0.2, 0.25) is 0 Å². The van der Waals surface area contributed by atoms with Gasteiger partial charge in [-0.05, 0) is 25.0 Å². The summed E-state index contributed by atoms with van der Waals surface area (Å²) in [4.78, 5) is 16.8. The first-order valence-electron chi connectivity index (χ1n) is 9.53. The largest absolute Gasteiger partial charge is 0.318 e. The van der Waals surface area contributed by atoms with Crippen LogP contribution in [-0.4, -0.2) is 32.8 Å². The Morgan fingerprint density at radius 1 is 1.42 bits per heavy atom. The lowest BCUT2D eigenvalue weighted by Gasteiger charge is -2.16. The smallest absolute Gasteiger partial charge is 0.275 e. The zero-order chi connectivity index (χ0) is 22.3. The van der Waals surface area contributed by atoms with Crippen LogP contribution in [0.4, 0.5) is 18.9 Å². The molecule has 4 rings (SSSR count). The number of carbonyl (C=O) groups is 1. The van der Waals surface area contributed by atoms with E-state index >= 15 is 0 Å². The van der Waals surface area contributed by atoms with Crippen molar-refractivity contribution in [1.29, 1.82) is 0 Å². The average molecular weight is 451 g/mol. The number of carbonyl (C=O) groups excluding carboxylic acids is 1. The Balaban J connectivity index is 1.49. The maximum atomic E-state index is 14.0. The van der Waals surface area contributed by atoms with Crippen molar-refractivity contribution in [3.05, 3.63) is 52.8 Å². The average Bonchev–Trinajstić information content (AvgIpc) is 3.06. The van der Waals surface area contributed by atoms with Crippen LogP contribution in [0.1, 0.15) is 41.9 Å². The maximum absolute atomic E-state index is 14.0. The van der Waals surface area contributed by atoms with Crippen LogP contribution in [0, 0.1) is 11.6 Å². The number of nitrogens with zero attached hydrogens (tertiary/aromatic N) is 3. The van der Waals surface area contributed by atoms with Crippen molar-refractivity contribution in [2.75, 3.05) is 5.32 Å². The van der Waals surface area contributed by atoms with Crippen molar-refractivity contribution >= 4 is 22.9 Å². The molecule has 0 saturated carbocycles. The van der Waals surface area contributed by atoms with Crippen LogP contribution in [0.15, 0.2) is 29.8 Å². The fourth-order valence-electron chi connectivity index (χ4n) is 3.42. The molecule has 3 N–H and O–H groups in total. The van der Waals surface area contributed by atoms with E-state index in [0.29, 0.717) is 18.5 Å². The Hall–Kier alpha value is -2.76. The molecule has 3 aromatic rings. The summed E-state index contributed by atoms with van der Waals surface area (Å²) in [6, 6.07) is 3.52. The molecule has 1 aliphatic rings. The summed E-state index contributed by atoms with van der Waals surface area (Å²) in [6.07, 6.45) is 0.880. The lowest BCUT2D eigenvalue weighted by Crippen LogP contribution is -2.26. The van der Waals surface area contributed by atoms with Crippen molar-refractivity contribution in [2.24, 2.45) is 12.8 Å². The normalized spacial score (nSPS) is 21.2. The molecule has 0 aliphatic carbocycles. The van der Waals surface area contributed by atoms with Crippen LogP contribution >= 0.6 is 11.3 Å². The highest BCUT2D eigenvalue weighted by Gasteiger charge is 2.54. The van der Waals surface area contributed by atoms with Gasteiger partial charge in [0.2, 0.25) is 6.36 Å². The zero-order valence-electron chi connectivity index (χ0n) is 16.7. The molecule has 1 aliphatic heterocycles. The van der Waals surface area contributed by atoms with E-state index < -0.39 is 29.6 Å². The van der Waals surface area contributed by atoms with Gasteiger partial charge in [-0.15, -0.1) is 11.3 Å². The van der Waals surface area contributed by atoms with Gasteiger partial charge in [-0.1, -0.05) is 13.0 Å². The lowest BCUT2D eigenvalue weighted by molar-refractivity contribution is 0.102. The third kappa shape index (κ3) is 4.21. The first-order valence-corrected chi connectivity index (χ1v) is 10.4. The summed E-state index contributed by atoms with van der Waals surface area (Å²) in [5.41, 5.74) is 5.45. The molecule has 1 aromatic carbocycles. The highest BCUT2D eigenvalue weighted by atomic mass is 32.1. The number of nitrogens with two attached hydrogens (primary N) is 1. The van der Waals surface area contributed by atoms with E-state index in [9.17, 15) is 18.0 Å². The summed E-state index contributed by atoms with van der Waals surface area (Å²) in [7, 11) is 1.73. The number of aryl methyl sites for hydroxylation is 1. The number of aromatic nitrogens is 3. The Labute approximate surface area is 180 Å². The van der Waals surface area contributed by atoms with Crippen LogP contribution in [-0.2, 0) is 11.8 Å². The molecule has 0 spiro atoms. The lowest BCUT2D eigenvalue weighted by atomic mass is 9.97.